The zero-order chi connectivity index (χ0) is 15.2. The SMILES string of the molecule is ClC1(N=NC2C3CC4CC(C3)CC2C4)C2CC3CC(C2)CC1C3. The predicted octanol–water partition coefficient (Wildman–Crippen LogP) is 5.65. The Labute approximate surface area is 144 Å². The van der Waals surface area contributed by atoms with Gasteiger partial charge in [0.25, 0.3) is 0 Å². The van der Waals surface area contributed by atoms with E-state index >= 15 is 0 Å². The molecule has 8 rings (SSSR count). The molecule has 126 valence electrons. The Morgan fingerprint density at radius 2 is 1.04 bits per heavy atom. The number of hydrogen-bond donors (Lipinski definition) is 0. The molecule has 23 heavy (non-hydrogen) atoms. The van der Waals surface area contributed by atoms with Crippen molar-refractivity contribution in [2.75, 3.05) is 0 Å². The second kappa shape index (κ2) is 4.74. The molecule has 8 fully saturated rings. The van der Waals surface area contributed by atoms with E-state index in [9.17, 15) is 0 Å². The quantitative estimate of drug-likeness (QED) is 0.354. The van der Waals surface area contributed by atoms with E-state index in [0.717, 1.165) is 35.5 Å². The van der Waals surface area contributed by atoms with Gasteiger partial charge in [-0.25, -0.2) is 0 Å². The summed E-state index contributed by atoms with van der Waals surface area (Å²) in [7, 11) is 0. The minimum atomic E-state index is -0.317. The van der Waals surface area contributed by atoms with Crippen LogP contribution >= 0.6 is 11.6 Å². The van der Waals surface area contributed by atoms with E-state index in [1.54, 1.807) is 0 Å². The Bertz CT molecular complexity index is 486. The molecule has 8 saturated carbocycles. The van der Waals surface area contributed by atoms with Crippen LogP contribution in [0.2, 0.25) is 0 Å². The molecular weight excluding hydrogens is 304 g/mol. The average molecular weight is 333 g/mol. The lowest BCUT2D eigenvalue weighted by Gasteiger charge is -2.56. The summed E-state index contributed by atoms with van der Waals surface area (Å²) in [5, 5.41) is 10.0. The molecule has 0 N–H and O–H groups in total. The van der Waals surface area contributed by atoms with E-state index in [0.29, 0.717) is 17.9 Å². The molecule has 0 atom stereocenters. The molecule has 3 heteroatoms. The number of hydrogen-bond acceptors (Lipinski definition) is 2. The smallest absolute Gasteiger partial charge is 0.160 e. The summed E-state index contributed by atoms with van der Waals surface area (Å²) in [4.78, 5) is -0.317. The molecule has 8 bridgehead atoms. The van der Waals surface area contributed by atoms with Crippen molar-refractivity contribution in [2.24, 2.45) is 57.6 Å². The van der Waals surface area contributed by atoms with Crippen molar-refractivity contribution >= 4 is 11.6 Å². The lowest BCUT2D eigenvalue weighted by atomic mass is 9.54. The Kier molecular flexibility index (Phi) is 2.91. The first kappa shape index (κ1) is 14.1. The van der Waals surface area contributed by atoms with Gasteiger partial charge in [-0.1, -0.05) is 11.6 Å². The monoisotopic (exact) mass is 332 g/mol. The molecule has 0 unspecified atom stereocenters. The molecule has 0 spiro atoms. The van der Waals surface area contributed by atoms with Crippen LogP contribution in [0.5, 0.6) is 0 Å². The summed E-state index contributed by atoms with van der Waals surface area (Å²) in [6.45, 7) is 0. The number of nitrogens with zero attached hydrogens (tertiary/aromatic N) is 2. The normalized spacial score (nSPS) is 62.6. The minimum Gasteiger partial charge on any atom is -0.188 e. The van der Waals surface area contributed by atoms with Crippen molar-refractivity contribution in [1.29, 1.82) is 0 Å². The van der Waals surface area contributed by atoms with Gasteiger partial charge in [0.2, 0.25) is 0 Å². The summed E-state index contributed by atoms with van der Waals surface area (Å²) in [5.41, 5.74) is 0. The van der Waals surface area contributed by atoms with Crippen LogP contribution in [-0.2, 0) is 0 Å². The molecule has 0 aliphatic heterocycles. The molecule has 8 aliphatic carbocycles. The first-order chi connectivity index (χ1) is 11.2. The van der Waals surface area contributed by atoms with E-state index in [4.69, 9.17) is 21.8 Å². The van der Waals surface area contributed by atoms with Crippen molar-refractivity contribution in [3.8, 4) is 0 Å². The van der Waals surface area contributed by atoms with E-state index in [2.05, 4.69) is 0 Å². The van der Waals surface area contributed by atoms with Crippen molar-refractivity contribution in [3.63, 3.8) is 0 Å². The van der Waals surface area contributed by atoms with Crippen molar-refractivity contribution in [3.05, 3.63) is 0 Å². The highest BCUT2D eigenvalue weighted by molar-refractivity contribution is 6.24. The third-order valence-electron chi connectivity index (χ3n) is 8.80. The van der Waals surface area contributed by atoms with Crippen LogP contribution in [0.25, 0.3) is 0 Å². The van der Waals surface area contributed by atoms with Crippen LogP contribution in [0.3, 0.4) is 0 Å². The number of rotatable bonds is 2. The summed E-state index contributed by atoms with van der Waals surface area (Å²) < 4.78 is 0. The number of azo groups is 1. The van der Waals surface area contributed by atoms with Crippen LogP contribution in [-0.4, -0.2) is 11.0 Å². The second-order valence-electron chi connectivity index (χ2n) is 10.2. The maximum Gasteiger partial charge on any atom is 0.160 e. The van der Waals surface area contributed by atoms with Gasteiger partial charge in [0.05, 0.1) is 6.04 Å². The first-order valence-corrected chi connectivity index (χ1v) is 10.7. The molecule has 0 saturated heterocycles. The van der Waals surface area contributed by atoms with Gasteiger partial charge in [0.15, 0.2) is 5.00 Å². The van der Waals surface area contributed by atoms with E-state index < -0.39 is 0 Å². The average Bonchev–Trinajstić information content (AvgIpc) is 2.51. The molecule has 0 aromatic carbocycles. The van der Waals surface area contributed by atoms with Crippen LogP contribution in [0, 0.1) is 47.3 Å². The van der Waals surface area contributed by atoms with Gasteiger partial charge in [-0.3, -0.25) is 0 Å². The maximum atomic E-state index is 7.18. The molecule has 8 aliphatic rings. The number of alkyl halides is 1. The minimum absolute atomic E-state index is 0.317. The topological polar surface area (TPSA) is 24.7 Å². The molecule has 0 amide bonds. The second-order valence-corrected chi connectivity index (χ2v) is 10.8. The fraction of sp³-hybridized carbons (Fsp3) is 1.00. The van der Waals surface area contributed by atoms with E-state index in [-0.39, 0.29) is 5.00 Å². The van der Waals surface area contributed by atoms with Gasteiger partial charge < -0.3 is 0 Å². The molecule has 0 aromatic heterocycles. The van der Waals surface area contributed by atoms with Crippen LogP contribution in [0.1, 0.15) is 64.2 Å². The lowest BCUT2D eigenvalue weighted by molar-refractivity contribution is -0.0268. The summed E-state index contributed by atoms with van der Waals surface area (Å²) in [6.07, 6.45) is 14.1. The fourth-order valence-electron chi connectivity index (χ4n) is 8.25. The zero-order valence-corrected chi connectivity index (χ0v) is 14.8. The first-order valence-electron chi connectivity index (χ1n) is 10.3. The molecule has 2 nitrogen and oxygen atoms in total. The van der Waals surface area contributed by atoms with Gasteiger partial charge in [0.1, 0.15) is 0 Å². The third kappa shape index (κ3) is 1.99. The highest BCUT2D eigenvalue weighted by atomic mass is 35.5. The zero-order valence-electron chi connectivity index (χ0n) is 14.0. The van der Waals surface area contributed by atoms with Gasteiger partial charge in [0, 0.05) is 11.8 Å². The highest BCUT2D eigenvalue weighted by Gasteiger charge is 2.57. The van der Waals surface area contributed by atoms with Crippen molar-refractivity contribution < 1.29 is 0 Å². The molecular formula is C20H29ClN2. The van der Waals surface area contributed by atoms with Crippen molar-refractivity contribution in [1.82, 2.24) is 0 Å². The Balaban J connectivity index is 1.26. The van der Waals surface area contributed by atoms with E-state index in [1.165, 1.54) is 64.2 Å². The highest BCUT2D eigenvalue weighted by Crippen LogP contribution is 2.62. The van der Waals surface area contributed by atoms with Gasteiger partial charge in [-0.15, -0.1) is 0 Å². The summed E-state index contributed by atoms with van der Waals surface area (Å²) in [6, 6.07) is 0.524. The molecule has 0 radical (unpaired) electrons. The summed E-state index contributed by atoms with van der Waals surface area (Å²) >= 11 is 7.18. The Morgan fingerprint density at radius 1 is 0.609 bits per heavy atom. The van der Waals surface area contributed by atoms with Gasteiger partial charge in [-0.2, -0.15) is 10.2 Å². The predicted molar refractivity (Wildman–Crippen MR) is 91.3 cm³/mol. The standard InChI is InChI=1S/C20H29ClN2/c21-20(17-7-13-2-14(9-17)10-18(20)8-13)23-22-19-15-3-11-1-12(5-15)6-16(19)4-11/h11-19H,1-10H2. The molecule has 0 heterocycles. The van der Waals surface area contributed by atoms with E-state index in [1.807, 2.05) is 0 Å². The number of halogens is 1. The van der Waals surface area contributed by atoms with Crippen LogP contribution in [0.15, 0.2) is 10.2 Å². The van der Waals surface area contributed by atoms with Gasteiger partial charge >= 0.3 is 0 Å². The van der Waals surface area contributed by atoms with Crippen LogP contribution in [0.4, 0.5) is 0 Å². The lowest BCUT2D eigenvalue weighted by Crippen LogP contribution is -2.53. The van der Waals surface area contributed by atoms with Crippen LogP contribution < -0.4 is 0 Å². The summed E-state index contributed by atoms with van der Waals surface area (Å²) in [5.74, 6) is 6.90. The fourth-order valence-corrected chi connectivity index (χ4v) is 8.65. The Morgan fingerprint density at radius 3 is 1.52 bits per heavy atom. The van der Waals surface area contributed by atoms with Gasteiger partial charge in [-0.05, 0) is 99.7 Å². The third-order valence-corrected chi connectivity index (χ3v) is 9.50. The Hall–Kier alpha value is -0.110. The molecule has 0 aromatic rings. The largest absolute Gasteiger partial charge is 0.188 e. The van der Waals surface area contributed by atoms with Crippen molar-refractivity contribution in [2.45, 2.75) is 75.2 Å². The maximum absolute atomic E-state index is 7.18.